The van der Waals surface area contributed by atoms with E-state index in [1.165, 1.54) is 0 Å². The van der Waals surface area contributed by atoms with Crippen LogP contribution in [-0.2, 0) is 0 Å². The normalized spacial score (nSPS) is 9.80. The molecule has 0 atom stereocenters. The summed E-state index contributed by atoms with van der Waals surface area (Å²) in [5.41, 5.74) is 12.3. The van der Waals surface area contributed by atoms with Crippen molar-refractivity contribution in [1.82, 2.24) is 0 Å². The Morgan fingerprint density at radius 2 is 1.35 bits per heavy atom. The third-order valence-corrected chi connectivity index (χ3v) is 2.66. The summed E-state index contributed by atoms with van der Waals surface area (Å²) in [6, 6.07) is 12.9. The maximum absolute atomic E-state index is 11.6. The van der Waals surface area contributed by atoms with Crippen molar-refractivity contribution < 1.29 is 14.3 Å². The Bertz CT molecular complexity index is 624. The van der Waals surface area contributed by atoms with E-state index >= 15 is 0 Å². The topological polar surface area (TPSA) is 87.6 Å². The highest BCUT2D eigenvalue weighted by molar-refractivity contribution is 7.80. The molecule has 0 unspecified atom stereocenters. The number of carbonyl (C=O) groups excluding carboxylic acids is 1. The lowest BCUT2D eigenvalue weighted by Crippen LogP contribution is -2.14. The van der Waals surface area contributed by atoms with Gasteiger partial charge in [-0.15, -0.1) is 0 Å². The minimum atomic E-state index is -0.835. The molecule has 0 saturated heterocycles. The molecule has 102 valence electrons. The predicted octanol–water partition coefficient (Wildman–Crippen LogP) is 2.48. The quantitative estimate of drug-likeness (QED) is 0.390. The molecular formula is C14H12N2O3S. The lowest BCUT2D eigenvalue weighted by Gasteiger charge is -2.06. The van der Waals surface area contributed by atoms with E-state index in [0.29, 0.717) is 22.7 Å². The minimum absolute atomic E-state index is 0.279. The van der Waals surface area contributed by atoms with Crippen LogP contribution in [0.4, 0.5) is 10.5 Å². The number of rotatable bonds is 3. The molecule has 2 aromatic rings. The monoisotopic (exact) mass is 288 g/mol. The average molecular weight is 288 g/mol. The van der Waals surface area contributed by atoms with E-state index in [-0.39, 0.29) is 4.99 Å². The lowest BCUT2D eigenvalue weighted by atomic mass is 10.2. The molecule has 0 radical (unpaired) electrons. The van der Waals surface area contributed by atoms with Gasteiger partial charge in [0, 0.05) is 11.3 Å². The molecule has 0 spiro atoms. The fourth-order valence-corrected chi connectivity index (χ4v) is 1.57. The predicted molar refractivity (Wildman–Crippen MR) is 79.8 cm³/mol. The van der Waals surface area contributed by atoms with E-state index in [1.54, 1.807) is 48.5 Å². The Balaban J connectivity index is 1.97. The van der Waals surface area contributed by atoms with E-state index in [0.717, 1.165) is 0 Å². The van der Waals surface area contributed by atoms with Gasteiger partial charge in [-0.1, -0.05) is 12.2 Å². The Morgan fingerprint density at radius 3 is 1.80 bits per heavy atom. The van der Waals surface area contributed by atoms with Crippen molar-refractivity contribution in [3.05, 3.63) is 54.1 Å². The number of carbonyl (C=O) groups is 1. The number of hydrogen-bond acceptors (Lipinski definition) is 5. The van der Waals surface area contributed by atoms with Gasteiger partial charge in [-0.2, -0.15) is 0 Å². The average Bonchev–Trinajstić information content (AvgIpc) is 2.42. The number of hydrogen-bond donors (Lipinski definition) is 2. The summed E-state index contributed by atoms with van der Waals surface area (Å²) in [4.78, 5) is 11.8. The van der Waals surface area contributed by atoms with Crippen LogP contribution in [0.1, 0.15) is 5.56 Å². The van der Waals surface area contributed by atoms with Crippen molar-refractivity contribution >= 4 is 29.0 Å². The minimum Gasteiger partial charge on any atom is -0.399 e. The Hall–Kier alpha value is -2.60. The van der Waals surface area contributed by atoms with Crippen molar-refractivity contribution in [2.45, 2.75) is 0 Å². The van der Waals surface area contributed by atoms with Gasteiger partial charge in [0.05, 0.1) is 0 Å². The second-order valence-corrected chi connectivity index (χ2v) is 4.35. The van der Waals surface area contributed by atoms with Gasteiger partial charge < -0.3 is 20.9 Å². The summed E-state index contributed by atoms with van der Waals surface area (Å²) >= 11 is 4.83. The van der Waals surface area contributed by atoms with Crippen LogP contribution >= 0.6 is 12.2 Å². The molecule has 0 bridgehead atoms. The highest BCUT2D eigenvalue weighted by atomic mass is 32.1. The van der Waals surface area contributed by atoms with Gasteiger partial charge in [-0.25, -0.2) is 4.79 Å². The molecule has 4 N–H and O–H groups in total. The molecule has 0 heterocycles. The molecule has 0 saturated carbocycles. The van der Waals surface area contributed by atoms with Gasteiger partial charge in [0.1, 0.15) is 16.5 Å². The van der Waals surface area contributed by atoms with E-state index in [4.69, 9.17) is 33.2 Å². The third-order valence-electron chi connectivity index (χ3n) is 2.42. The maximum atomic E-state index is 11.6. The summed E-state index contributed by atoms with van der Waals surface area (Å²) in [7, 11) is 0. The Kier molecular flexibility index (Phi) is 4.17. The Labute approximate surface area is 121 Å². The Morgan fingerprint density at radius 1 is 0.900 bits per heavy atom. The largest absolute Gasteiger partial charge is 0.519 e. The first-order chi connectivity index (χ1) is 9.54. The molecule has 0 fully saturated rings. The zero-order valence-electron chi connectivity index (χ0n) is 10.4. The first-order valence-electron chi connectivity index (χ1n) is 5.69. The number of ether oxygens (including phenoxy) is 2. The van der Waals surface area contributed by atoms with Crippen LogP contribution in [0.3, 0.4) is 0 Å². The number of thiocarbonyl (C=S) groups is 1. The SMILES string of the molecule is NC(=S)c1ccc(OC(=O)Oc2ccc(N)cc2)cc1. The number of nitrogen functional groups attached to an aromatic ring is 1. The van der Waals surface area contributed by atoms with Gasteiger partial charge in [0.25, 0.3) is 0 Å². The van der Waals surface area contributed by atoms with Crippen molar-refractivity contribution in [3.63, 3.8) is 0 Å². The first kappa shape index (κ1) is 13.8. The van der Waals surface area contributed by atoms with Crippen molar-refractivity contribution in [1.29, 1.82) is 0 Å². The van der Waals surface area contributed by atoms with Crippen molar-refractivity contribution in [3.8, 4) is 11.5 Å². The number of benzene rings is 2. The van der Waals surface area contributed by atoms with Crippen LogP contribution in [0.25, 0.3) is 0 Å². The zero-order chi connectivity index (χ0) is 14.5. The van der Waals surface area contributed by atoms with Crippen LogP contribution in [0, 0.1) is 0 Å². The van der Waals surface area contributed by atoms with Gasteiger partial charge in [-0.3, -0.25) is 0 Å². The van der Waals surface area contributed by atoms with Crippen LogP contribution in [0.5, 0.6) is 11.5 Å². The molecule has 2 aromatic carbocycles. The molecule has 0 aromatic heterocycles. The summed E-state index contributed by atoms with van der Waals surface area (Å²) in [6.45, 7) is 0. The fourth-order valence-electron chi connectivity index (χ4n) is 1.44. The highest BCUT2D eigenvalue weighted by Gasteiger charge is 2.08. The number of anilines is 1. The summed E-state index contributed by atoms with van der Waals surface area (Å²) in [5, 5.41) is 0. The van der Waals surface area contributed by atoms with Crippen molar-refractivity contribution in [2.75, 3.05) is 5.73 Å². The summed E-state index contributed by atoms with van der Waals surface area (Å²) in [5.74, 6) is 0.689. The highest BCUT2D eigenvalue weighted by Crippen LogP contribution is 2.16. The lowest BCUT2D eigenvalue weighted by molar-refractivity contribution is 0.152. The van der Waals surface area contributed by atoms with E-state index in [1.807, 2.05) is 0 Å². The molecule has 5 nitrogen and oxygen atoms in total. The second kappa shape index (κ2) is 6.03. The molecule has 6 heteroatoms. The van der Waals surface area contributed by atoms with Gasteiger partial charge in [-0.05, 0) is 48.5 Å². The molecule has 0 aliphatic rings. The second-order valence-electron chi connectivity index (χ2n) is 3.91. The van der Waals surface area contributed by atoms with Gasteiger partial charge in [0.15, 0.2) is 0 Å². The standard InChI is InChI=1S/C14H12N2O3S/c15-10-3-7-12(8-4-10)19-14(17)18-11-5-1-9(2-6-11)13(16)20/h1-8H,15H2,(H2,16,20). The van der Waals surface area contributed by atoms with E-state index in [2.05, 4.69) is 0 Å². The van der Waals surface area contributed by atoms with Crippen LogP contribution < -0.4 is 20.9 Å². The van der Waals surface area contributed by atoms with Crippen LogP contribution in [0.15, 0.2) is 48.5 Å². The third kappa shape index (κ3) is 3.69. The first-order valence-corrected chi connectivity index (χ1v) is 6.10. The van der Waals surface area contributed by atoms with Crippen LogP contribution in [-0.4, -0.2) is 11.1 Å². The van der Waals surface area contributed by atoms with E-state index < -0.39 is 6.16 Å². The molecule has 0 amide bonds. The summed E-state index contributed by atoms with van der Waals surface area (Å²) < 4.78 is 9.99. The maximum Gasteiger partial charge on any atom is 0.519 e. The fraction of sp³-hybridized carbons (Fsp3) is 0. The smallest absolute Gasteiger partial charge is 0.399 e. The van der Waals surface area contributed by atoms with Crippen LogP contribution in [0.2, 0.25) is 0 Å². The summed E-state index contributed by atoms with van der Waals surface area (Å²) in [6.07, 6.45) is -0.835. The van der Waals surface area contributed by atoms with E-state index in [9.17, 15) is 4.79 Å². The van der Waals surface area contributed by atoms with Crippen molar-refractivity contribution in [2.24, 2.45) is 5.73 Å². The molecule has 2 rings (SSSR count). The molecule has 20 heavy (non-hydrogen) atoms. The van der Waals surface area contributed by atoms with Gasteiger partial charge >= 0.3 is 6.16 Å². The molecule has 0 aliphatic carbocycles. The molecular weight excluding hydrogens is 276 g/mol. The van der Waals surface area contributed by atoms with Gasteiger partial charge in [0.2, 0.25) is 0 Å². The molecule has 0 aliphatic heterocycles. The number of nitrogens with two attached hydrogens (primary N) is 2. The zero-order valence-corrected chi connectivity index (χ0v) is 11.2.